The minimum Gasteiger partial charge on any atom is -0.366 e. The lowest BCUT2D eigenvalue weighted by molar-refractivity contribution is 0.00658. The summed E-state index contributed by atoms with van der Waals surface area (Å²) in [6.07, 6.45) is 5.44. The van der Waals surface area contributed by atoms with Crippen molar-refractivity contribution in [2.24, 2.45) is 11.8 Å². The number of piperidine rings is 1. The zero-order valence-electron chi connectivity index (χ0n) is 9.87. The van der Waals surface area contributed by atoms with E-state index in [0.717, 1.165) is 25.2 Å². The molecule has 88 valence electrons. The molecule has 0 bridgehead atoms. The molecular weight excluding hydrogens is 188 g/mol. The van der Waals surface area contributed by atoms with Gasteiger partial charge in [-0.3, -0.25) is 4.90 Å². The number of rotatable bonds is 6. The van der Waals surface area contributed by atoms with Crippen LogP contribution in [0.4, 0.5) is 0 Å². The minimum absolute atomic E-state index is 0.864. The molecule has 0 aromatic carbocycles. The lowest BCUT2D eigenvalue weighted by Gasteiger charge is -2.31. The van der Waals surface area contributed by atoms with Crippen LogP contribution in [-0.4, -0.2) is 44.9 Å². The van der Waals surface area contributed by atoms with Gasteiger partial charge in [0.1, 0.15) is 0 Å². The van der Waals surface area contributed by atoms with Crippen molar-refractivity contribution in [1.82, 2.24) is 10.2 Å². The monoisotopic (exact) mass is 212 g/mol. The van der Waals surface area contributed by atoms with E-state index >= 15 is 0 Å². The van der Waals surface area contributed by atoms with Crippen molar-refractivity contribution < 1.29 is 4.74 Å². The van der Waals surface area contributed by atoms with Crippen molar-refractivity contribution in [2.45, 2.75) is 25.7 Å². The Bertz CT molecular complexity index is 174. The van der Waals surface area contributed by atoms with E-state index in [1.54, 1.807) is 0 Å². The Labute approximate surface area is 93.2 Å². The van der Waals surface area contributed by atoms with Gasteiger partial charge in [-0.15, -0.1) is 0 Å². The number of hydrogen-bond acceptors (Lipinski definition) is 3. The van der Waals surface area contributed by atoms with Crippen LogP contribution in [-0.2, 0) is 4.74 Å². The first-order chi connectivity index (χ1) is 7.38. The second kappa shape index (κ2) is 5.83. The molecule has 1 aliphatic carbocycles. The van der Waals surface area contributed by atoms with Crippen molar-refractivity contribution >= 4 is 0 Å². The van der Waals surface area contributed by atoms with Crippen molar-refractivity contribution in [2.75, 3.05) is 40.0 Å². The van der Waals surface area contributed by atoms with E-state index in [9.17, 15) is 0 Å². The molecule has 1 heterocycles. The summed E-state index contributed by atoms with van der Waals surface area (Å²) < 4.78 is 5.70. The van der Waals surface area contributed by atoms with Crippen molar-refractivity contribution in [1.29, 1.82) is 0 Å². The van der Waals surface area contributed by atoms with Crippen LogP contribution in [0.5, 0.6) is 0 Å². The lowest BCUT2D eigenvalue weighted by Crippen LogP contribution is -2.38. The Hall–Kier alpha value is -0.120. The molecule has 0 aromatic rings. The van der Waals surface area contributed by atoms with E-state index in [4.69, 9.17) is 4.74 Å². The van der Waals surface area contributed by atoms with Gasteiger partial charge < -0.3 is 10.1 Å². The van der Waals surface area contributed by atoms with Gasteiger partial charge in [-0.2, -0.15) is 0 Å². The van der Waals surface area contributed by atoms with Crippen LogP contribution < -0.4 is 5.32 Å². The first-order valence-electron chi connectivity index (χ1n) is 6.33. The molecule has 15 heavy (non-hydrogen) atoms. The molecular formula is C12H24N2O. The Morgan fingerprint density at radius 3 is 2.47 bits per heavy atom. The molecule has 2 aliphatic rings. The van der Waals surface area contributed by atoms with Gasteiger partial charge in [-0.05, 0) is 51.1 Å². The highest BCUT2D eigenvalue weighted by Gasteiger charge is 2.22. The quantitative estimate of drug-likeness (QED) is 0.718. The third kappa shape index (κ3) is 4.09. The molecule has 2 rings (SSSR count). The van der Waals surface area contributed by atoms with E-state index in [-0.39, 0.29) is 0 Å². The largest absolute Gasteiger partial charge is 0.366 e. The number of hydrogen-bond donors (Lipinski definition) is 1. The highest BCUT2D eigenvalue weighted by Crippen LogP contribution is 2.28. The number of likely N-dealkylation sites (tertiary alicyclic amines) is 1. The van der Waals surface area contributed by atoms with Crippen LogP contribution >= 0.6 is 0 Å². The molecule has 1 saturated carbocycles. The molecule has 1 aliphatic heterocycles. The number of nitrogens with zero attached hydrogens (tertiary/aromatic N) is 1. The molecule has 3 heteroatoms. The Kier molecular flexibility index (Phi) is 4.42. The van der Waals surface area contributed by atoms with Gasteiger partial charge in [-0.1, -0.05) is 0 Å². The first kappa shape index (κ1) is 11.4. The molecule has 0 atom stereocenters. The maximum absolute atomic E-state index is 5.70. The SMILES string of the molecule is CNCC1CCN(COCC2CC2)CC1. The van der Waals surface area contributed by atoms with Gasteiger partial charge in [0, 0.05) is 13.1 Å². The molecule has 1 N–H and O–H groups in total. The summed E-state index contributed by atoms with van der Waals surface area (Å²) in [7, 11) is 2.05. The van der Waals surface area contributed by atoms with Crippen LogP contribution in [0.3, 0.4) is 0 Å². The average Bonchev–Trinajstić information content (AvgIpc) is 3.05. The summed E-state index contributed by atoms with van der Waals surface area (Å²) >= 11 is 0. The predicted octanol–water partition coefficient (Wildman–Crippen LogP) is 1.30. The Morgan fingerprint density at radius 2 is 1.87 bits per heavy atom. The van der Waals surface area contributed by atoms with E-state index in [1.807, 2.05) is 7.05 Å². The number of ether oxygens (including phenoxy) is 1. The minimum atomic E-state index is 0.864. The summed E-state index contributed by atoms with van der Waals surface area (Å²) in [4.78, 5) is 2.45. The predicted molar refractivity (Wildman–Crippen MR) is 61.8 cm³/mol. The Morgan fingerprint density at radius 1 is 1.13 bits per heavy atom. The maximum Gasteiger partial charge on any atom is 0.0990 e. The molecule has 0 spiro atoms. The van der Waals surface area contributed by atoms with Crippen molar-refractivity contribution in [3.8, 4) is 0 Å². The summed E-state index contributed by atoms with van der Waals surface area (Å²) in [5.74, 6) is 1.78. The number of nitrogens with one attached hydrogen (secondary N) is 1. The second-order valence-electron chi connectivity index (χ2n) is 5.06. The van der Waals surface area contributed by atoms with E-state index < -0.39 is 0 Å². The summed E-state index contributed by atoms with van der Waals surface area (Å²) in [6.45, 7) is 5.48. The standard InChI is InChI=1S/C12H24N2O/c1-13-8-11-4-6-14(7-5-11)10-15-9-12-2-3-12/h11-13H,2-10H2,1H3. The summed E-state index contributed by atoms with van der Waals surface area (Å²) in [5.41, 5.74) is 0. The van der Waals surface area contributed by atoms with Gasteiger partial charge >= 0.3 is 0 Å². The molecule has 0 aromatic heterocycles. The van der Waals surface area contributed by atoms with E-state index in [1.165, 1.54) is 45.3 Å². The van der Waals surface area contributed by atoms with Gasteiger partial charge in [-0.25, -0.2) is 0 Å². The van der Waals surface area contributed by atoms with Gasteiger partial charge in [0.15, 0.2) is 0 Å². The molecule has 0 radical (unpaired) electrons. The van der Waals surface area contributed by atoms with Crippen LogP contribution in [0.15, 0.2) is 0 Å². The molecule has 0 amide bonds. The van der Waals surface area contributed by atoms with Crippen LogP contribution in [0, 0.1) is 11.8 Å². The van der Waals surface area contributed by atoms with Crippen LogP contribution in [0.1, 0.15) is 25.7 Å². The van der Waals surface area contributed by atoms with Gasteiger partial charge in [0.25, 0.3) is 0 Å². The molecule has 1 saturated heterocycles. The lowest BCUT2D eigenvalue weighted by atomic mass is 9.97. The fourth-order valence-electron chi connectivity index (χ4n) is 2.24. The smallest absolute Gasteiger partial charge is 0.0990 e. The van der Waals surface area contributed by atoms with Crippen LogP contribution in [0.2, 0.25) is 0 Å². The molecule has 0 unspecified atom stereocenters. The van der Waals surface area contributed by atoms with Gasteiger partial charge in [0.05, 0.1) is 13.3 Å². The average molecular weight is 212 g/mol. The topological polar surface area (TPSA) is 24.5 Å². The van der Waals surface area contributed by atoms with Crippen molar-refractivity contribution in [3.05, 3.63) is 0 Å². The van der Waals surface area contributed by atoms with Crippen molar-refractivity contribution in [3.63, 3.8) is 0 Å². The fraction of sp³-hybridized carbons (Fsp3) is 1.00. The third-order valence-corrected chi connectivity index (χ3v) is 3.52. The summed E-state index contributed by atoms with van der Waals surface area (Å²) in [6, 6.07) is 0. The van der Waals surface area contributed by atoms with E-state index in [0.29, 0.717) is 0 Å². The van der Waals surface area contributed by atoms with Crippen LogP contribution in [0.25, 0.3) is 0 Å². The summed E-state index contributed by atoms with van der Waals surface area (Å²) in [5, 5.41) is 3.27. The zero-order valence-corrected chi connectivity index (χ0v) is 9.87. The highest BCUT2D eigenvalue weighted by atomic mass is 16.5. The first-order valence-corrected chi connectivity index (χ1v) is 6.33. The highest BCUT2D eigenvalue weighted by molar-refractivity contribution is 4.73. The third-order valence-electron chi connectivity index (χ3n) is 3.52. The normalized spacial score (nSPS) is 24.6. The zero-order chi connectivity index (χ0) is 10.5. The Balaban J connectivity index is 1.52. The van der Waals surface area contributed by atoms with E-state index in [2.05, 4.69) is 10.2 Å². The molecule has 2 fully saturated rings. The maximum atomic E-state index is 5.70. The molecule has 3 nitrogen and oxygen atoms in total. The second-order valence-corrected chi connectivity index (χ2v) is 5.06. The fourth-order valence-corrected chi connectivity index (χ4v) is 2.24. The van der Waals surface area contributed by atoms with Gasteiger partial charge in [0.2, 0.25) is 0 Å².